The SMILES string of the molecule is [CH2-][NH2+]C1CC1. The quantitative estimate of drug-likeness (QED) is 0.401. The number of hydrogen-bond donors (Lipinski definition) is 1. The molecule has 5 heavy (non-hydrogen) atoms. The lowest BCUT2D eigenvalue weighted by Gasteiger charge is -1.87. The van der Waals surface area contributed by atoms with Crippen molar-refractivity contribution in [3.8, 4) is 0 Å². The fraction of sp³-hybridized carbons (Fsp3) is 0.750. The second kappa shape index (κ2) is 0.977. The molecular weight excluding hydrogens is 62.1 g/mol. The molecule has 0 heterocycles. The summed E-state index contributed by atoms with van der Waals surface area (Å²) in [6.07, 6.45) is 2.78. The Kier molecular flexibility index (Phi) is 0.618. The molecule has 0 aromatic carbocycles. The maximum Gasteiger partial charge on any atom is 0.0624 e. The number of rotatable bonds is 1. The van der Waals surface area contributed by atoms with Crippen molar-refractivity contribution in [2.24, 2.45) is 0 Å². The van der Waals surface area contributed by atoms with Crippen LogP contribution in [0.3, 0.4) is 0 Å². The molecule has 1 fully saturated rings. The summed E-state index contributed by atoms with van der Waals surface area (Å²) in [4.78, 5) is 0. The summed E-state index contributed by atoms with van der Waals surface area (Å²) in [6, 6.07) is 0.898. The van der Waals surface area contributed by atoms with Gasteiger partial charge >= 0.3 is 0 Å². The molecule has 0 unspecified atom stereocenters. The highest BCUT2D eigenvalue weighted by molar-refractivity contribution is 4.68. The summed E-state index contributed by atoms with van der Waals surface area (Å²) in [5, 5.41) is 2.03. The highest BCUT2D eigenvalue weighted by Gasteiger charge is 2.19. The van der Waals surface area contributed by atoms with Crippen LogP contribution in [-0.2, 0) is 0 Å². The average Bonchev–Trinajstić information content (AvgIpc) is 2.12. The van der Waals surface area contributed by atoms with Gasteiger partial charge in [0.25, 0.3) is 0 Å². The van der Waals surface area contributed by atoms with Crippen molar-refractivity contribution in [1.29, 1.82) is 0 Å². The van der Waals surface area contributed by atoms with E-state index in [1.54, 1.807) is 0 Å². The van der Waals surface area contributed by atoms with Crippen LogP contribution in [0.4, 0.5) is 0 Å². The van der Waals surface area contributed by atoms with E-state index in [-0.39, 0.29) is 0 Å². The molecule has 0 spiro atoms. The van der Waals surface area contributed by atoms with Crippen LogP contribution >= 0.6 is 0 Å². The lowest BCUT2D eigenvalue weighted by molar-refractivity contribution is -0.610. The van der Waals surface area contributed by atoms with Gasteiger partial charge in [0.1, 0.15) is 0 Å². The fourth-order valence-corrected chi connectivity index (χ4v) is 0.332. The van der Waals surface area contributed by atoms with Crippen molar-refractivity contribution >= 4 is 0 Å². The van der Waals surface area contributed by atoms with Crippen LogP contribution in [-0.4, -0.2) is 6.04 Å². The Morgan fingerprint density at radius 2 is 2.20 bits per heavy atom. The van der Waals surface area contributed by atoms with Crippen LogP contribution in [0.15, 0.2) is 0 Å². The maximum atomic E-state index is 3.62. The Hall–Kier alpha value is -0.0400. The van der Waals surface area contributed by atoms with Crippen molar-refractivity contribution in [3.05, 3.63) is 7.05 Å². The van der Waals surface area contributed by atoms with E-state index < -0.39 is 0 Å². The molecule has 0 atom stereocenters. The first-order chi connectivity index (χ1) is 2.43. The van der Waals surface area contributed by atoms with Crippen molar-refractivity contribution in [2.45, 2.75) is 18.9 Å². The minimum absolute atomic E-state index is 0.898. The molecule has 0 aromatic rings. The van der Waals surface area contributed by atoms with Crippen molar-refractivity contribution in [1.82, 2.24) is 0 Å². The molecular formula is C4H9N. The van der Waals surface area contributed by atoms with Gasteiger partial charge in [-0.1, -0.05) is 0 Å². The predicted octanol–water partition coefficient (Wildman–Crippen LogP) is -0.496. The first-order valence-electron chi connectivity index (χ1n) is 2.06. The van der Waals surface area contributed by atoms with Gasteiger partial charge in [0.2, 0.25) is 0 Å². The number of nitrogens with two attached hydrogens (primary N) is 1. The second-order valence-corrected chi connectivity index (χ2v) is 1.57. The largest absolute Gasteiger partial charge is 0.476 e. The minimum atomic E-state index is 0.898. The Labute approximate surface area is 32.4 Å². The predicted molar refractivity (Wildman–Crippen MR) is 20.3 cm³/mol. The topological polar surface area (TPSA) is 16.6 Å². The van der Waals surface area contributed by atoms with Gasteiger partial charge in [-0.25, -0.2) is 0 Å². The van der Waals surface area contributed by atoms with E-state index >= 15 is 0 Å². The van der Waals surface area contributed by atoms with E-state index in [0.29, 0.717) is 0 Å². The zero-order valence-electron chi connectivity index (χ0n) is 3.28. The third kappa shape index (κ3) is 0.618. The molecule has 1 aliphatic carbocycles. The maximum absolute atomic E-state index is 3.62. The number of quaternary nitrogens is 1. The van der Waals surface area contributed by atoms with Crippen LogP contribution in [0.25, 0.3) is 0 Å². The third-order valence-electron chi connectivity index (χ3n) is 0.955. The molecule has 1 heteroatoms. The van der Waals surface area contributed by atoms with Crippen molar-refractivity contribution in [2.75, 3.05) is 0 Å². The van der Waals surface area contributed by atoms with E-state index in [0.717, 1.165) is 6.04 Å². The molecule has 0 radical (unpaired) electrons. The summed E-state index contributed by atoms with van der Waals surface area (Å²) < 4.78 is 0. The molecule has 0 aliphatic heterocycles. The Morgan fingerprint density at radius 1 is 1.60 bits per heavy atom. The van der Waals surface area contributed by atoms with Gasteiger partial charge in [0.05, 0.1) is 6.04 Å². The summed E-state index contributed by atoms with van der Waals surface area (Å²) in [5.41, 5.74) is 0. The number of hydrogen-bond acceptors (Lipinski definition) is 0. The van der Waals surface area contributed by atoms with E-state index in [2.05, 4.69) is 7.05 Å². The molecule has 0 saturated heterocycles. The Morgan fingerprint density at radius 3 is 2.20 bits per heavy atom. The standard InChI is InChI=1S/C4H9N/c1-5-4-2-3-4/h4H,1-3,5H2. The minimum Gasteiger partial charge on any atom is -0.476 e. The van der Waals surface area contributed by atoms with E-state index in [9.17, 15) is 0 Å². The van der Waals surface area contributed by atoms with Crippen LogP contribution in [0.5, 0.6) is 0 Å². The van der Waals surface area contributed by atoms with Gasteiger partial charge < -0.3 is 5.32 Å². The molecule has 30 valence electrons. The fourth-order valence-electron chi connectivity index (χ4n) is 0.332. The molecule has 1 saturated carbocycles. The van der Waals surface area contributed by atoms with E-state index in [1.807, 2.05) is 5.32 Å². The monoisotopic (exact) mass is 71.1 g/mol. The van der Waals surface area contributed by atoms with Gasteiger partial charge in [-0.3, -0.25) is 0 Å². The van der Waals surface area contributed by atoms with Gasteiger partial charge in [-0.2, -0.15) is 7.05 Å². The summed E-state index contributed by atoms with van der Waals surface area (Å²) in [6.45, 7) is 0. The first kappa shape index (κ1) is 3.16. The van der Waals surface area contributed by atoms with Gasteiger partial charge in [-0.15, -0.1) is 0 Å². The lowest BCUT2D eigenvalue weighted by Crippen LogP contribution is -2.78. The van der Waals surface area contributed by atoms with E-state index in [4.69, 9.17) is 0 Å². The van der Waals surface area contributed by atoms with Crippen LogP contribution in [0, 0.1) is 7.05 Å². The summed E-state index contributed by atoms with van der Waals surface area (Å²) in [7, 11) is 3.62. The van der Waals surface area contributed by atoms with Gasteiger partial charge in [-0.05, 0) is 0 Å². The zero-order chi connectivity index (χ0) is 3.70. The first-order valence-corrected chi connectivity index (χ1v) is 2.06. The second-order valence-electron chi connectivity index (χ2n) is 1.57. The Balaban J connectivity index is 2.00. The van der Waals surface area contributed by atoms with Gasteiger partial charge in [0, 0.05) is 12.8 Å². The van der Waals surface area contributed by atoms with Crippen LogP contribution in [0.2, 0.25) is 0 Å². The Bertz CT molecular complexity index is 30.6. The molecule has 2 N–H and O–H groups in total. The molecule has 0 bridgehead atoms. The van der Waals surface area contributed by atoms with Crippen molar-refractivity contribution in [3.63, 3.8) is 0 Å². The molecule has 1 nitrogen and oxygen atoms in total. The third-order valence-corrected chi connectivity index (χ3v) is 0.955. The van der Waals surface area contributed by atoms with Crippen LogP contribution < -0.4 is 5.32 Å². The molecule has 1 aliphatic rings. The van der Waals surface area contributed by atoms with E-state index in [1.165, 1.54) is 12.8 Å². The van der Waals surface area contributed by atoms with Crippen LogP contribution in [0.1, 0.15) is 12.8 Å². The highest BCUT2D eigenvalue weighted by atomic mass is 14.9. The zero-order valence-corrected chi connectivity index (χ0v) is 3.28. The molecule has 0 aromatic heterocycles. The van der Waals surface area contributed by atoms with Gasteiger partial charge in [0.15, 0.2) is 0 Å². The average molecular weight is 71.1 g/mol. The molecule has 1 rings (SSSR count). The summed E-state index contributed by atoms with van der Waals surface area (Å²) in [5.74, 6) is 0. The summed E-state index contributed by atoms with van der Waals surface area (Å²) >= 11 is 0. The molecule has 0 amide bonds. The smallest absolute Gasteiger partial charge is 0.0624 e. The lowest BCUT2D eigenvalue weighted by atomic mass is 10.7. The van der Waals surface area contributed by atoms with Crippen molar-refractivity contribution < 1.29 is 5.32 Å². The highest BCUT2D eigenvalue weighted by Crippen LogP contribution is 2.12. The normalized spacial score (nSPS) is 23.4.